The van der Waals surface area contributed by atoms with Gasteiger partial charge >= 0.3 is 0 Å². The second kappa shape index (κ2) is 9.08. The summed E-state index contributed by atoms with van der Waals surface area (Å²) in [6.07, 6.45) is 16.2. The maximum Gasteiger partial charge on any atom is 0.118 e. The van der Waals surface area contributed by atoms with Gasteiger partial charge in [0.1, 0.15) is 5.75 Å². The van der Waals surface area contributed by atoms with Crippen molar-refractivity contribution in [1.29, 1.82) is 0 Å². The molecule has 1 aromatic carbocycles. The van der Waals surface area contributed by atoms with Crippen LogP contribution in [0.5, 0.6) is 5.75 Å². The molecule has 0 aliphatic heterocycles. The molecule has 0 saturated heterocycles. The van der Waals surface area contributed by atoms with Crippen molar-refractivity contribution in [2.75, 3.05) is 7.11 Å². The van der Waals surface area contributed by atoms with E-state index in [0.29, 0.717) is 0 Å². The number of rotatable bonds is 7. The van der Waals surface area contributed by atoms with Crippen molar-refractivity contribution in [3.8, 4) is 5.75 Å². The van der Waals surface area contributed by atoms with Gasteiger partial charge in [-0.2, -0.15) is 0 Å². The SMILES string of the molecule is CCCCCC1CCC(C2=CCC(O)(c3ccc(OC)cc3)CC2)CC1. The molecule has 0 amide bonds. The average molecular weight is 357 g/mol. The average Bonchev–Trinajstić information content (AvgIpc) is 2.69. The van der Waals surface area contributed by atoms with Crippen LogP contribution in [0.25, 0.3) is 0 Å². The summed E-state index contributed by atoms with van der Waals surface area (Å²) in [6.45, 7) is 2.29. The van der Waals surface area contributed by atoms with E-state index < -0.39 is 5.60 Å². The zero-order valence-corrected chi connectivity index (χ0v) is 16.7. The first-order valence-corrected chi connectivity index (χ1v) is 10.7. The highest BCUT2D eigenvalue weighted by Gasteiger charge is 2.33. The molecule has 1 atom stereocenters. The lowest BCUT2D eigenvalue weighted by Gasteiger charge is -2.36. The Morgan fingerprint density at radius 3 is 2.38 bits per heavy atom. The molecular weight excluding hydrogens is 320 g/mol. The number of hydrogen-bond donors (Lipinski definition) is 1. The van der Waals surface area contributed by atoms with Crippen molar-refractivity contribution in [2.24, 2.45) is 11.8 Å². The molecule has 0 aromatic heterocycles. The standard InChI is InChI=1S/C24H36O2/c1-3-4-5-6-19-7-9-20(10-8-19)21-15-17-24(25,18-16-21)22-11-13-23(26-2)14-12-22/h11-15,19-20,25H,3-10,16-18H2,1-2H3. The van der Waals surface area contributed by atoms with Crippen LogP contribution in [0.1, 0.15) is 83.1 Å². The van der Waals surface area contributed by atoms with Crippen LogP contribution in [0, 0.1) is 11.8 Å². The summed E-state index contributed by atoms with van der Waals surface area (Å²) < 4.78 is 5.23. The molecule has 2 aliphatic rings. The molecule has 144 valence electrons. The molecule has 1 N–H and O–H groups in total. The summed E-state index contributed by atoms with van der Waals surface area (Å²) in [5.74, 6) is 2.59. The molecule has 3 rings (SSSR count). The molecule has 1 fully saturated rings. The topological polar surface area (TPSA) is 29.5 Å². The molecule has 2 heteroatoms. The number of methoxy groups -OCH3 is 1. The highest BCUT2D eigenvalue weighted by atomic mass is 16.5. The maximum absolute atomic E-state index is 11.1. The molecule has 1 unspecified atom stereocenters. The van der Waals surface area contributed by atoms with Gasteiger partial charge in [-0.15, -0.1) is 0 Å². The number of allylic oxidation sites excluding steroid dienone is 1. The second-order valence-corrected chi connectivity index (χ2v) is 8.46. The van der Waals surface area contributed by atoms with Crippen LogP contribution in [-0.2, 0) is 5.60 Å². The van der Waals surface area contributed by atoms with Gasteiger partial charge in [0.2, 0.25) is 0 Å². The summed E-state index contributed by atoms with van der Waals surface area (Å²) in [5, 5.41) is 11.1. The van der Waals surface area contributed by atoms with E-state index in [4.69, 9.17) is 4.74 Å². The molecular formula is C24H36O2. The Bertz CT molecular complexity index is 581. The number of unbranched alkanes of at least 4 members (excludes halogenated alkanes) is 2. The predicted molar refractivity (Wildman–Crippen MR) is 108 cm³/mol. The van der Waals surface area contributed by atoms with Crippen molar-refractivity contribution in [3.05, 3.63) is 41.5 Å². The smallest absolute Gasteiger partial charge is 0.118 e. The fourth-order valence-corrected chi connectivity index (χ4v) is 4.89. The molecule has 26 heavy (non-hydrogen) atoms. The molecule has 1 aromatic rings. The van der Waals surface area contributed by atoms with E-state index in [1.807, 2.05) is 24.3 Å². The fraction of sp³-hybridized carbons (Fsp3) is 0.667. The lowest BCUT2D eigenvalue weighted by atomic mass is 9.71. The van der Waals surface area contributed by atoms with Gasteiger partial charge in [0.15, 0.2) is 0 Å². The Morgan fingerprint density at radius 2 is 1.81 bits per heavy atom. The third-order valence-electron chi connectivity index (χ3n) is 6.74. The molecule has 0 spiro atoms. The van der Waals surface area contributed by atoms with E-state index in [9.17, 15) is 5.11 Å². The highest BCUT2D eigenvalue weighted by molar-refractivity contribution is 5.32. The minimum Gasteiger partial charge on any atom is -0.497 e. The number of hydrogen-bond acceptors (Lipinski definition) is 2. The van der Waals surface area contributed by atoms with E-state index in [-0.39, 0.29) is 0 Å². The van der Waals surface area contributed by atoms with Crippen molar-refractivity contribution < 1.29 is 9.84 Å². The third kappa shape index (κ3) is 4.71. The molecule has 0 radical (unpaired) electrons. The third-order valence-corrected chi connectivity index (χ3v) is 6.74. The first-order chi connectivity index (χ1) is 12.6. The van der Waals surface area contributed by atoms with Crippen LogP contribution < -0.4 is 4.74 Å². The van der Waals surface area contributed by atoms with Crippen LogP contribution in [-0.4, -0.2) is 12.2 Å². The quantitative estimate of drug-likeness (QED) is 0.454. The van der Waals surface area contributed by atoms with Crippen LogP contribution in [0.3, 0.4) is 0 Å². The van der Waals surface area contributed by atoms with Crippen molar-refractivity contribution in [2.45, 2.75) is 83.2 Å². The van der Waals surface area contributed by atoms with E-state index in [1.54, 1.807) is 12.7 Å². The Kier molecular flexibility index (Phi) is 6.80. The molecule has 0 heterocycles. The monoisotopic (exact) mass is 356 g/mol. The normalized spacial score (nSPS) is 29.3. The zero-order valence-electron chi connectivity index (χ0n) is 16.7. The Labute approximate surface area is 159 Å². The lowest BCUT2D eigenvalue weighted by molar-refractivity contribution is 0.0241. The summed E-state index contributed by atoms with van der Waals surface area (Å²) in [6, 6.07) is 7.93. The minimum atomic E-state index is -0.701. The summed E-state index contributed by atoms with van der Waals surface area (Å²) in [4.78, 5) is 0. The maximum atomic E-state index is 11.1. The van der Waals surface area contributed by atoms with Gasteiger partial charge in [-0.25, -0.2) is 0 Å². The lowest BCUT2D eigenvalue weighted by Crippen LogP contribution is -2.29. The van der Waals surface area contributed by atoms with Gasteiger partial charge in [0.05, 0.1) is 12.7 Å². The molecule has 0 bridgehead atoms. The van der Waals surface area contributed by atoms with Crippen LogP contribution in [0.15, 0.2) is 35.9 Å². The van der Waals surface area contributed by atoms with Crippen LogP contribution >= 0.6 is 0 Å². The van der Waals surface area contributed by atoms with E-state index >= 15 is 0 Å². The van der Waals surface area contributed by atoms with Crippen LogP contribution in [0.4, 0.5) is 0 Å². The largest absolute Gasteiger partial charge is 0.497 e. The summed E-state index contributed by atoms with van der Waals surface area (Å²) >= 11 is 0. The van der Waals surface area contributed by atoms with Gasteiger partial charge in [-0.05, 0) is 74.5 Å². The minimum absolute atomic E-state index is 0.701. The van der Waals surface area contributed by atoms with Crippen molar-refractivity contribution in [3.63, 3.8) is 0 Å². The van der Waals surface area contributed by atoms with E-state index in [2.05, 4.69) is 13.0 Å². The number of ether oxygens (including phenoxy) is 1. The van der Waals surface area contributed by atoms with Gasteiger partial charge in [-0.1, -0.05) is 56.4 Å². The first kappa shape index (κ1) is 19.5. The Hall–Kier alpha value is -1.28. The number of aliphatic hydroxyl groups is 1. The predicted octanol–water partition coefficient (Wildman–Crippen LogP) is 6.38. The van der Waals surface area contributed by atoms with Crippen molar-refractivity contribution in [1.82, 2.24) is 0 Å². The van der Waals surface area contributed by atoms with Gasteiger partial charge in [-0.3, -0.25) is 0 Å². The summed E-state index contributed by atoms with van der Waals surface area (Å²) in [5.41, 5.74) is 1.94. The van der Waals surface area contributed by atoms with Crippen LogP contribution in [0.2, 0.25) is 0 Å². The zero-order chi connectivity index (χ0) is 18.4. The van der Waals surface area contributed by atoms with E-state index in [0.717, 1.165) is 42.4 Å². The highest BCUT2D eigenvalue weighted by Crippen LogP contribution is 2.43. The van der Waals surface area contributed by atoms with Gasteiger partial charge in [0, 0.05) is 0 Å². The van der Waals surface area contributed by atoms with E-state index in [1.165, 1.54) is 51.4 Å². The first-order valence-electron chi connectivity index (χ1n) is 10.7. The molecule has 2 aliphatic carbocycles. The van der Waals surface area contributed by atoms with Crippen molar-refractivity contribution >= 4 is 0 Å². The second-order valence-electron chi connectivity index (χ2n) is 8.46. The Morgan fingerprint density at radius 1 is 1.08 bits per heavy atom. The molecule has 1 saturated carbocycles. The Balaban J connectivity index is 1.53. The molecule has 2 nitrogen and oxygen atoms in total. The number of benzene rings is 1. The fourth-order valence-electron chi connectivity index (χ4n) is 4.89. The summed E-state index contributed by atoms with van der Waals surface area (Å²) in [7, 11) is 1.68. The van der Waals surface area contributed by atoms with Gasteiger partial charge < -0.3 is 9.84 Å². The van der Waals surface area contributed by atoms with Gasteiger partial charge in [0.25, 0.3) is 0 Å².